The Labute approximate surface area is 74.2 Å². The Morgan fingerprint density at radius 2 is 2.45 bits per heavy atom. The van der Waals surface area contributed by atoms with E-state index in [1.54, 1.807) is 11.3 Å². The predicted molar refractivity (Wildman–Crippen MR) is 48.4 cm³/mol. The van der Waals surface area contributed by atoms with Crippen LogP contribution in [0.5, 0.6) is 0 Å². The first-order valence-electron chi connectivity index (χ1n) is 3.17. The minimum absolute atomic E-state index is 0.196. The van der Waals surface area contributed by atoms with Crippen molar-refractivity contribution < 1.29 is 4.79 Å². The molecule has 2 nitrogen and oxygen atoms in total. The van der Waals surface area contributed by atoms with Crippen LogP contribution in [0.2, 0.25) is 0 Å². The molecular formula is C7H8ClNOS. The summed E-state index contributed by atoms with van der Waals surface area (Å²) in [5.74, 6) is 0. The normalized spacial score (nSPS) is 9.64. The fourth-order valence-corrected chi connectivity index (χ4v) is 1.52. The monoisotopic (exact) mass is 189 g/mol. The highest BCUT2D eigenvalue weighted by Gasteiger charge is 1.97. The molecule has 1 N–H and O–H groups in total. The minimum Gasteiger partial charge on any atom is -0.369 e. The summed E-state index contributed by atoms with van der Waals surface area (Å²) >= 11 is 6.75. The fraction of sp³-hybridized carbons (Fsp3) is 0.286. The van der Waals surface area contributed by atoms with Gasteiger partial charge in [-0.25, -0.2) is 0 Å². The number of aryl methyl sites for hydroxylation is 1. The minimum atomic E-state index is -0.365. The number of hydrogen-bond acceptors (Lipinski definition) is 3. The lowest BCUT2D eigenvalue weighted by molar-refractivity contribution is -0.110. The molecule has 0 unspecified atom stereocenters. The summed E-state index contributed by atoms with van der Waals surface area (Å²) in [6.45, 7) is 2.21. The van der Waals surface area contributed by atoms with Gasteiger partial charge in [-0.1, -0.05) is 0 Å². The number of rotatable bonds is 3. The van der Waals surface area contributed by atoms with E-state index in [2.05, 4.69) is 5.32 Å². The molecule has 0 aromatic carbocycles. The Bertz CT molecular complexity index is 259. The van der Waals surface area contributed by atoms with Crippen molar-refractivity contribution in [1.29, 1.82) is 0 Å². The van der Waals surface area contributed by atoms with Crippen LogP contribution in [-0.2, 0) is 4.79 Å². The standard InChI is InChI=1S/C7H8ClNOS/c1-5-2-3-7(11-5)9-4-6(8)10/h2-3,9H,4H2,1H3. The molecule has 0 bridgehead atoms. The average molecular weight is 190 g/mol. The van der Waals surface area contributed by atoms with Crippen molar-refractivity contribution in [1.82, 2.24) is 0 Å². The number of nitrogens with one attached hydrogen (secondary N) is 1. The van der Waals surface area contributed by atoms with Crippen LogP contribution in [0.25, 0.3) is 0 Å². The zero-order valence-electron chi connectivity index (χ0n) is 6.06. The van der Waals surface area contributed by atoms with Gasteiger partial charge in [0.2, 0.25) is 5.24 Å². The third-order valence-corrected chi connectivity index (χ3v) is 2.23. The van der Waals surface area contributed by atoms with E-state index in [1.165, 1.54) is 4.88 Å². The van der Waals surface area contributed by atoms with Gasteiger partial charge in [0.05, 0.1) is 11.5 Å². The Balaban J connectivity index is 2.45. The fourth-order valence-electron chi connectivity index (χ4n) is 0.686. The molecule has 0 aliphatic carbocycles. The van der Waals surface area contributed by atoms with Crippen molar-refractivity contribution in [3.05, 3.63) is 17.0 Å². The van der Waals surface area contributed by atoms with Crippen LogP contribution < -0.4 is 5.32 Å². The zero-order valence-corrected chi connectivity index (χ0v) is 7.63. The van der Waals surface area contributed by atoms with Gasteiger partial charge in [-0.05, 0) is 30.7 Å². The molecule has 0 aliphatic rings. The zero-order chi connectivity index (χ0) is 8.27. The Hall–Kier alpha value is -0.540. The molecule has 1 rings (SSSR count). The quantitative estimate of drug-likeness (QED) is 0.739. The molecular weight excluding hydrogens is 182 g/mol. The smallest absolute Gasteiger partial charge is 0.240 e. The number of carbonyl (C=O) groups excluding carboxylic acids is 1. The second-order valence-electron chi connectivity index (χ2n) is 2.12. The number of thiophene rings is 1. The molecule has 0 atom stereocenters. The molecule has 0 aliphatic heterocycles. The SMILES string of the molecule is Cc1ccc(NCC(=O)Cl)s1. The largest absolute Gasteiger partial charge is 0.369 e. The summed E-state index contributed by atoms with van der Waals surface area (Å²) < 4.78 is 0. The maximum Gasteiger partial charge on any atom is 0.240 e. The molecule has 60 valence electrons. The van der Waals surface area contributed by atoms with Crippen molar-refractivity contribution in [3.63, 3.8) is 0 Å². The van der Waals surface area contributed by atoms with E-state index in [-0.39, 0.29) is 11.8 Å². The van der Waals surface area contributed by atoms with Crippen LogP contribution in [0, 0.1) is 6.92 Å². The molecule has 1 aromatic heterocycles. The van der Waals surface area contributed by atoms with Crippen molar-refractivity contribution in [2.24, 2.45) is 0 Å². The van der Waals surface area contributed by atoms with Crippen LogP contribution in [-0.4, -0.2) is 11.8 Å². The van der Waals surface area contributed by atoms with Crippen LogP contribution >= 0.6 is 22.9 Å². The van der Waals surface area contributed by atoms with Crippen LogP contribution in [0.4, 0.5) is 5.00 Å². The second kappa shape index (κ2) is 3.74. The molecule has 0 radical (unpaired) electrons. The molecule has 0 spiro atoms. The molecule has 0 fully saturated rings. The maximum atomic E-state index is 10.3. The van der Waals surface area contributed by atoms with Crippen LogP contribution in [0.1, 0.15) is 4.88 Å². The highest BCUT2D eigenvalue weighted by atomic mass is 35.5. The van der Waals surface area contributed by atoms with Gasteiger partial charge < -0.3 is 5.32 Å². The van der Waals surface area contributed by atoms with E-state index in [0.29, 0.717) is 0 Å². The third kappa shape index (κ3) is 2.91. The topological polar surface area (TPSA) is 29.1 Å². The average Bonchev–Trinajstić information content (AvgIpc) is 2.31. The Kier molecular flexibility index (Phi) is 2.91. The summed E-state index contributed by atoms with van der Waals surface area (Å²) in [5, 5.41) is 3.52. The van der Waals surface area contributed by atoms with Gasteiger partial charge in [0.15, 0.2) is 0 Å². The predicted octanol–water partition coefficient (Wildman–Crippen LogP) is 2.23. The lowest BCUT2D eigenvalue weighted by atomic mass is 10.5. The van der Waals surface area contributed by atoms with E-state index in [9.17, 15) is 4.79 Å². The highest BCUT2D eigenvalue weighted by molar-refractivity contribution is 7.16. The van der Waals surface area contributed by atoms with Gasteiger partial charge in [-0.2, -0.15) is 0 Å². The van der Waals surface area contributed by atoms with E-state index < -0.39 is 0 Å². The Morgan fingerprint density at radius 3 is 2.91 bits per heavy atom. The van der Waals surface area contributed by atoms with E-state index in [0.717, 1.165) is 5.00 Å². The van der Waals surface area contributed by atoms with Crippen molar-refractivity contribution in [2.75, 3.05) is 11.9 Å². The summed E-state index contributed by atoms with van der Waals surface area (Å²) in [4.78, 5) is 11.5. The third-order valence-electron chi connectivity index (χ3n) is 1.14. The van der Waals surface area contributed by atoms with E-state index in [1.807, 2.05) is 19.1 Å². The van der Waals surface area contributed by atoms with Gasteiger partial charge in [-0.15, -0.1) is 11.3 Å². The highest BCUT2D eigenvalue weighted by Crippen LogP contribution is 2.20. The molecule has 0 saturated carbocycles. The lowest BCUT2D eigenvalue weighted by Gasteiger charge is -1.95. The van der Waals surface area contributed by atoms with Gasteiger partial charge in [-0.3, -0.25) is 4.79 Å². The first-order valence-corrected chi connectivity index (χ1v) is 4.36. The molecule has 4 heteroatoms. The molecule has 0 amide bonds. The maximum absolute atomic E-state index is 10.3. The number of halogens is 1. The molecule has 11 heavy (non-hydrogen) atoms. The summed E-state index contributed by atoms with van der Waals surface area (Å²) in [6, 6.07) is 3.92. The Morgan fingerprint density at radius 1 is 1.73 bits per heavy atom. The van der Waals surface area contributed by atoms with E-state index >= 15 is 0 Å². The van der Waals surface area contributed by atoms with Crippen LogP contribution in [0.15, 0.2) is 12.1 Å². The van der Waals surface area contributed by atoms with Gasteiger partial charge in [0.25, 0.3) is 0 Å². The van der Waals surface area contributed by atoms with Crippen molar-refractivity contribution >= 4 is 33.2 Å². The summed E-state index contributed by atoms with van der Waals surface area (Å²) in [5.41, 5.74) is 0. The number of hydrogen-bond donors (Lipinski definition) is 1. The molecule has 0 saturated heterocycles. The van der Waals surface area contributed by atoms with Gasteiger partial charge in [0.1, 0.15) is 0 Å². The molecule has 1 heterocycles. The van der Waals surface area contributed by atoms with Gasteiger partial charge >= 0.3 is 0 Å². The van der Waals surface area contributed by atoms with Crippen molar-refractivity contribution in [2.45, 2.75) is 6.92 Å². The summed E-state index contributed by atoms with van der Waals surface area (Å²) in [6.07, 6.45) is 0. The first kappa shape index (κ1) is 8.56. The van der Waals surface area contributed by atoms with Crippen molar-refractivity contribution in [3.8, 4) is 0 Å². The summed E-state index contributed by atoms with van der Waals surface area (Å²) in [7, 11) is 0. The van der Waals surface area contributed by atoms with Crippen LogP contribution in [0.3, 0.4) is 0 Å². The second-order valence-corrected chi connectivity index (χ2v) is 3.83. The number of anilines is 1. The van der Waals surface area contributed by atoms with E-state index in [4.69, 9.17) is 11.6 Å². The molecule has 1 aromatic rings. The lowest BCUT2D eigenvalue weighted by Crippen LogP contribution is -2.06. The van der Waals surface area contributed by atoms with Gasteiger partial charge in [0, 0.05) is 4.88 Å². The first-order chi connectivity index (χ1) is 5.18. The number of carbonyl (C=O) groups is 1.